The highest BCUT2D eigenvalue weighted by molar-refractivity contribution is 6.07. The van der Waals surface area contributed by atoms with Gasteiger partial charge >= 0.3 is 6.01 Å². The molecule has 4 aliphatic heterocycles. The molecule has 2 bridgehead atoms. The number of carbonyl (C=O) groups excluding carboxylic acids is 2. The summed E-state index contributed by atoms with van der Waals surface area (Å²) in [6, 6.07) is 12.8. The lowest BCUT2D eigenvalue weighted by Crippen LogP contribution is -2.50. The first kappa shape index (κ1) is 55.7. The van der Waals surface area contributed by atoms with Gasteiger partial charge < -0.3 is 54.2 Å². The maximum Gasteiger partial charge on any atom is 0.319 e. The van der Waals surface area contributed by atoms with E-state index in [0.717, 1.165) is 71.3 Å². The number of ether oxygens (including phenoxy) is 3. The number of fused-ring (bicyclic) bond motifs is 8. The van der Waals surface area contributed by atoms with Crippen molar-refractivity contribution in [3.63, 3.8) is 0 Å². The Morgan fingerprint density at radius 2 is 1.80 bits per heavy atom. The van der Waals surface area contributed by atoms with E-state index in [-0.39, 0.29) is 60.9 Å². The first-order valence-corrected chi connectivity index (χ1v) is 30.6. The zero-order valence-electron chi connectivity index (χ0n) is 49.2. The van der Waals surface area contributed by atoms with Crippen molar-refractivity contribution in [1.82, 2.24) is 69.6 Å². The zero-order chi connectivity index (χ0) is 60.2. The van der Waals surface area contributed by atoms with E-state index in [2.05, 4.69) is 46.9 Å². The van der Waals surface area contributed by atoms with E-state index < -0.39 is 48.2 Å². The van der Waals surface area contributed by atoms with Crippen molar-refractivity contribution in [2.24, 2.45) is 5.92 Å². The van der Waals surface area contributed by atoms with Gasteiger partial charge in [-0.15, -0.1) is 0 Å². The van der Waals surface area contributed by atoms with Gasteiger partial charge in [-0.3, -0.25) is 28.8 Å². The lowest BCUT2D eigenvalue weighted by Gasteiger charge is -2.31. The predicted molar refractivity (Wildman–Crippen MR) is 326 cm³/mol. The van der Waals surface area contributed by atoms with E-state index in [9.17, 15) is 24.6 Å². The lowest BCUT2D eigenvalue weighted by atomic mass is 9.88. The second-order valence-corrected chi connectivity index (χ2v) is 24.6. The number of aliphatic hydroxyl groups is 2. The molecule has 6 N–H and O–H groups in total. The predicted octanol–water partition coefficient (Wildman–Crippen LogP) is 6.92. The summed E-state index contributed by atoms with van der Waals surface area (Å²) in [4.78, 5) is 65.5. The Balaban J connectivity index is 0.758. The van der Waals surface area contributed by atoms with Crippen LogP contribution in [0, 0.1) is 18.7 Å². The average Bonchev–Trinajstić information content (AvgIpc) is 1.43. The molecule has 7 aromatic heterocycles. The van der Waals surface area contributed by atoms with Crippen LogP contribution in [0.15, 0.2) is 84.3 Å². The van der Waals surface area contributed by atoms with Crippen molar-refractivity contribution in [3.05, 3.63) is 118 Å². The van der Waals surface area contributed by atoms with Crippen LogP contribution < -0.4 is 30.6 Å². The number of imidazole rings is 1. The molecule has 5 aliphatic rings. The largest absolute Gasteiger partial charge is 0.486 e. The molecule has 0 spiro atoms. The number of nitrogens with one attached hydrogen (secondary N) is 4. The highest BCUT2D eigenvalue weighted by Crippen LogP contribution is 2.54. The van der Waals surface area contributed by atoms with Crippen LogP contribution in [0.25, 0.3) is 71.6 Å². The summed E-state index contributed by atoms with van der Waals surface area (Å²) in [6.45, 7) is 10.4. The molecule has 24 heteroatoms. The number of hydrogen-bond donors (Lipinski definition) is 6. The summed E-state index contributed by atoms with van der Waals surface area (Å²) in [5, 5.41) is 47.8. The molecule has 1 unspecified atom stereocenters. The van der Waals surface area contributed by atoms with Gasteiger partial charge in [0.1, 0.15) is 47.6 Å². The van der Waals surface area contributed by atoms with E-state index in [1.165, 1.54) is 15.6 Å². The summed E-state index contributed by atoms with van der Waals surface area (Å²) < 4.78 is 41.0. The van der Waals surface area contributed by atoms with Gasteiger partial charge in [-0.05, 0) is 98.0 Å². The Labute approximate surface area is 503 Å². The third-order valence-corrected chi connectivity index (χ3v) is 18.6. The van der Waals surface area contributed by atoms with Crippen molar-refractivity contribution >= 4 is 66.9 Å². The van der Waals surface area contributed by atoms with Gasteiger partial charge in [0.05, 0.1) is 49.4 Å². The number of amides is 2. The van der Waals surface area contributed by atoms with Crippen LogP contribution in [0.1, 0.15) is 99.7 Å². The Bertz CT molecular complexity index is 4470. The minimum Gasteiger partial charge on any atom is -0.486 e. The minimum absolute atomic E-state index is 0.0218. The number of aromatic amines is 2. The van der Waals surface area contributed by atoms with Crippen molar-refractivity contribution in [3.8, 4) is 34.1 Å². The summed E-state index contributed by atoms with van der Waals surface area (Å²) in [5.41, 5.74) is 7.71. The van der Waals surface area contributed by atoms with E-state index in [4.69, 9.17) is 29.3 Å². The number of hydrogen-bond acceptors (Lipinski definition) is 16. The van der Waals surface area contributed by atoms with Gasteiger partial charge in [0.25, 0.3) is 5.56 Å². The molecule has 15 rings (SSSR count). The van der Waals surface area contributed by atoms with E-state index in [0.29, 0.717) is 99.7 Å². The quantitative estimate of drug-likeness (QED) is 0.0540. The molecule has 5 fully saturated rings. The molecule has 0 radical (unpaired) electrons. The Hall–Kier alpha value is -8.84. The van der Waals surface area contributed by atoms with Gasteiger partial charge in [-0.2, -0.15) is 25.3 Å². The average molecular weight is 1190 g/mol. The second kappa shape index (κ2) is 22.1. The van der Waals surface area contributed by atoms with Crippen LogP contribution in [-0.4, -0.2) is 151 Å². The van der Waals surface area contributed by atoms with Crippen LogP contribution in [0.5, 0.6) is 11.8 Å². The van der Waals surface area contributed by atoms with E-state index in [1.54, 1.807) is 37.9 Å². The molecule has 1 saturated carbocycles. The monoisotopic (exact) mass is 1190 g/mol. The molecular formula is C64H68FN15O8. The molecule has 6 atom stereocenters. The minimum atomic E-state index is -1.08. The third-order valence-electron chi connectivity index (χ3n) is 18.6. The van der Waals surface area contributed by atoms with Gasteiger partial charge in [-0.25, -0.2) is 9.37 Å². The molecule has 11 heterocycles. The number of halogens is 1. The number of β-amino-alcohol motifs (C(OH)–C–C–N with tert-alkyl or cyclic N) is 1. The first-order valence-electron chi connectivity index (χ1n) is 30.6. The number of H-pyrrole nitrogens is 2. The number of aromatic nitrogens is 11. The highest BCUT2D eigenvalue weighted by Gasteiger charge is 2.44. The molecule has 10 aromatic rings. The number of likely N-dealkylation sites (tertiary alicyclic amines) is 1. The Morgan fingerprint density at radius 3 is 2.57 bits per heavy atom. The van der Waals surface area contributed by atoms with Crippen LogP contribution in [0.2, 0.25) is 0 Å². The number of aliphatic hydroxyl groups excluding tert-OH is 2. The normalized spacial score (nSPS) is 20.5. The van der Waals surface area contributed by atoms with Crippen molar-refractivity contribution < 1.29 is 38.4 Å². The molecule has 2 amide bonds. The Kier molecular flexibility index (Phi) is 14.0. The lowest BCUT2D eigenvalue weighted by molar-refractivity contribution is -0.142. The maximum absolute atomic E-state index is 16.3. The molecule has 454 valence electrons. The topological polar surface area (TPSA) is 273 Å². The van der Waals surface area contributed by atoms with Crippen LogP contribution in [0.4, 0.5) is 10.2 Å². The maximum atomic E-state index is 16.3. The number of carbonyl (C=O) groups is 2. The number of aryl methyl sites for hydroxylation is 1. The summed E-state index contributed by atoms with van der Waals surface area (Å²) >= 11 is 0. The summed E-state index contributed by atoms with van der Waals surface area (Å²) in [6.07, 6.45) is 11.7. The number of benzene rings is 3. The van der Waals surface area contributed by atoms with Crippen molar-refractivity contribution in [2.75, 3.05) is 44.4 Å². The molecule has 88 heavy (non-hydrogen) atoms. The van der Waals surface area contributed by atoms with E-state index >= 15 is 4.39 Å². The SMILES string of the molecule is CCn1nccc1-c1ccc([C@H](CO)NC(=O)[C@@H]2C[C@@H](O)CN2C(=O)[C@H](C(C)C)n2cc3c(n2)c(=O)[nH]c2cc(COc4c(-c5c(C)c(F)cc6[nH]ncc56)c(C5CC5)cc5c(N6C[C@@H]7CC6CN7)nc(OC6CCOCC6)nc45)ccc23)n2ccnc12. The standard InChI is InChI=1S/C64H68FN15O8/c1-5-79-50(12-15-69-79)41-10-11-51(76-17-16-66-59(41)76)49(30-81)71-61(83)52-22-38(82)28-78(52)63(85)57(32(2)3)80-29-45-40-9-6-34(20-47(40)70-62(84)56(45)75-80)31-87-58-54(53-33(4)46(65)24-48-44(53)26-68-74-48)42(35-7-8-35)23-43-55(58)72-64(88-39-13-18-86-19-14-39)73-60(43)77-27-36-21-37(77)25-67-36/h6,9-12,15-17,20,23-24,26,29,32,35-39,49,52,57,67,81-82H,5,7-8,13-14,18-19,21-22,25,27-28,30-31H2,1-4H3,(H,68,74)(H,70,84)(H,71,83)/t36-,37?,38+,49-,52-,57-/m0/s1. The number of anilines is 1. The second-order valence-electron chi connectivity index (χ2n) is 24.6. The fourth-order valence-corrected chi connectivity index (χ4v) is 14.1. The summed E-state index contributed by atoms with van der Waals surface area (Å²) in [5.74, 6) is -0.356. The number of piperazine rings is 1. The fraction of sp³-hybridized carbons (Fsp3) is 0.422. The van der Waals surface area contributed by atoms with Crippen LogP contribution >= 0.6 is 0 Å². The van der Waals surface area contributed by atoms with Crippen LogP contribution in [0.3, 0.4) is 0 Å². The highest BCUT2D eigenvalue weighted by atomic mass is 19.1. The van der Waals surface area contributed by atoms with Crippen molar-refractivity contribution in [1.29, 1.82) is 0 Å². The van der Waals surface area contributed by atoms with Gasteiger partial charge in [0, 0.05) is 132 Å². The van der Waals surface area contributed by atoms with Crippen LogP contribution in [-0.2, 0) is 27.5 Å². The smallest absolute Gasteiger partial charge is 0.319 e. The van der Waals surface area contributed by atoms with Gasteiger partial charge in [-0.1, -0.05) is 26.0 Å². The molecule has 3 aromatic carbocycles. The van der Waals surface area contributed by atoms with Gasteiger partial charge in [0.2, 0.25) is 11.8 Å². The van der Waals surface area contributed by atoms with E-state index in [1.807, 2.05) is 66.3 Å². The first-order chi connectivity index (χ1) is 42.8. The molecule has 1 aliphatic carbocycles. The Morgan fingerprint density at radius 1 is 0.943 bits per heavy atom. The molecular weight excluding hydrogens is 1130 g/mol. The number of rotatable bonds is 17. The fourth-order valence-electron chi connectivity index (χ4n) is 14.1. The number of nitrogens with zero attached hydrogens (tertiary/aromatic N) is 11. The van der Waals surface area contributed by atoms with Crippen molar-refractivity contribution in [2.45, 2.75) is 128 Å². The third kappa shape index (κ3) is 9.58. The van der Waals surface area contributed by atoms with Gasteiger partial charge in [0.15, 0.2) is 11.3 Å². The zero-order valence-corrected chi connectivity index (χ0v) is 49.2. The number of pyridine rings is 2. The summed E-state index contributed by atoms with van der Waals surface area (Å²) in [7, 11) is 0. The molecule has 4 saturated heterocycles. The molecule has 23 nitrogen and oxygen atoms in total.